The van der Waals surface area contributed by atoms with E-state index < -0.39 is 0 Å². The molecule has 0 spiro atoms. The molecule has 1 fully saturated rings. The molecule has 0 atom stereocenters. The van der Waals surface area contributed by atoms with Crippen LogP contribution in [-0.4, -0.2) is 63.4 Å². The summed E-state index contributed by atoms with van der Waals surface area (Å²) < 4.78 is 11.3. The lowest BCUT2D eigenvalue weighted by atomic mass is 10.1. The standard InChI is InChI=1S/C25H36N4O2.HI/c26-25(27-13-6-15-29-16-19-30-20-17-29)28-14-12-23-9-4-11-24(21-23)31-18-5-10-22-7-2-1-3-8-22;/h1-4,7-9,11,21H,5-6,10,12-20H2,(H3,26,27,28);1H. The minimum atomic E-state index is 0. The van der Waals surface area contributed by atoms with Crippen molar-refractivity contribution >= 4 is 29.9 Å². The first-order valence-corrected chi connectivity index (χ1v) is 11.4. The van der Waals surface area contributed by atoms with Crippen LogP contribution in [0.3, 0.4) is 0 Å². The van der Waals surface area contributed by atoms with Crippen LogP contribution in [0.15, 0.2) is 59.6 Å². The van der Waals surface area contributed by atoms with Crippen molar-refractivity contribution in [1.82, 2.24) is 10.2 Å². The Bertz CT molecular complexity index is 783. The molecule has 0 amide bonds. The number of benzene rings is 2. The maximum absolute atomic E-state index is 6.00. The molecular formula is C25H37IN4O2. The van der Waals surface area contributed by atoms with Crippen molar-refractivity contribution in [2.24, 2.45) is 10.7 Å². The molecule has 0 radical (unpaired) electrons. The Morgan fingerprint density at radius 2 is 1.78 bits per heavy atom. The predicted octanol–water partition coefficient (Wildman–Crippen LogP) is 3.49. The zero-order chi connectivity index (χ0) is 21.6. The van der Waals surface area contributed by atoms with Gasteiger partial charge >= 0.3 is 0 Å². The van der Waals surface area contributed by atoms with Gasteiger partial charge in [-0.3, -0.25) is 9.89 Å². The third kappa shape index (κ3) is 10.7. The van der Waals surface area contributed by atoms with E-state index in [4.69, 9.17) is 15.2 Å². The Morgan fingerprint density at radius 3 is 2.59 bits per heavy atom. The van der Waals surface area contributed by atoms with Crippen LogP contribution in [0.2, 0.25) is 0 Å². The Morgan fingerprint density at radius 1 is 1.00 bits per heavy atom. The van der Waals surface area contributed by atoms with Crippen LogP contribution in [-0.2, 0) is 17.6 Å². The number of nitrogens with zero attached hydrogens (tertiary/aromatic N) is 2. The van der Waals surface area contributed by atoms with Gasteiger partial charge < -0.3 is 20.5 Å². The average Bonchev–Trinajstić information content (AvgIpc) is 2.81. The number of rotatable bonds is 12. The number of ether oxygens (including phenoxy) is 2. The van der Waals surface area contributed by atoms with E-state index in [0.29, 0.717) is 5.96 Å². The summed E-state index contributed by atoms with van der Waals surface area (Å²) in [6.07, 6.45) is 3.95. The molecule has 0 aromatic heterocycles. The predicted molar refractivity (Wildman–Crippen MR) is 142 cm³/mol. The number of hydrogen-bond acceptors (Lipinski definition) is 4. The van der Waals surface area contributed by atoms with Gasteiger partial charge in [-0.2, -0.15) is 0 Å². The van der Waals surface area contributed by atoms with Gasteiger partial charge in [0.15, 0.2) is 5.96 Å². The van der Waals surface area contributed by atoms with Gasteiger partial charge in [0.2, 0.25) is 0 Å². The first-order chi connectivity index (χ1) is 15.3. The van der Waals surface area contributed by atoms with Crippen molar-refractivity contribution in [2.45, 2.75) is 25.7 Å². The fourth-order valence-electron chi connectivity index (χ4n) is 3.61. The summed E-state index contributed by atoms with van der Waals surface area (Å²) in [5.41, 5.74) is 8.58. The topological polar surface area (TPSA) is 72.1 Å². The van der Waals surface area contributed by atoms with Crippen molar-refractivity contribution in [3.05, 3.63) is 65.7 Å². The van der Waals surface area contributed by atoms with Crippen LogP contribution in [0.1, 0.15) is 24.0 Å². The third-order valence-electron chi connectivity index (χ3n) is 5.36. The van der Waals surface area contributed by atoms with Gasteiger partial charge in [-0.15, -0.1) is 24.0 Å². The van der Waals surface area contributed by atoms with Crippen LogP contribution in [0.5, 0.6) is 5.75 Å². The highest BCUT2D eigenvalue weighted by Gasteiger charge is 2.08. The number of hydrogen-bond donors (Lipinski definition) is 2. The molecule has 176 valence electrons. The van der Waals surface area contributed by atoms with E-state index in [2.05, 4.69) is 51.6 Å². The lowest BCUT2D eigenvalue weighted by molar-refractivity contribution is 0.0377. The van der Waals surface area contributed by atoms with E-state index in [1.165, 1.54) is 11.1 Å². The Labute approximate surface area is 209 Å². The van der Waals surface area contributed by atoms with E-state index in [1.807, 2.05) is 18.2 Å². The number of aryl methyl sites for hydroxylation is 1. The van der Waals surface area contributed by atoms with Gasteiger partial charge in [0, 0.05) is 32.7 Å². The van der Waals surface area contributed by atoms with Crippen molar-refractivity contribution in [3.63, 3.8) is 0 Å². The van der Waals surface area contributed by atoms with Gasteiger partial charge in [-0.1, -0.05) is 42.5 Å². The molecule has 0 bridgehead atoms. The fraction of sp³-hybridized carbons (Fsp3) is 0.480. The van der Waals surface area contributed by atoms with Gasteiger partial charge in [0.1, 0.15) is 5.75 Å². The highest BCUT2D eigenvalue weighted by molar-refractivity contribution is 14.0. The Kier molecular flexibility index (Phi) is 13.1. The SMILES string of the molecule is I.NC(=NCCCN1CCOCC1)NCCc1cccc(OCCCc2ccccc2)c1. The number of nitrogens with one attached hydrogen (secondary N) is 1. The lowest BCUT2D eigenvalue weighted by Gasteiger charge is -2.26. The third-order valence-corrected chi connectivity index (χ3v) is 5.36. The first kappa shape index (κ1) is 26.4. The second-order valence-corrected chi connectivity index (χ2v) is 7.84. The van der Waals surface area contributed by atoms with E-state index in [-0.39, 0.29) is 24.0 Å². The summed E-state index contributed by atoms with van der Waals surface area (Å²) in [7, 11) is 0. The van der Waals surface area contributed by atoms with Gasteiger partial charge in [0.05, 0.1) is 19.8 Å². The highest BCUT2D eigenvalue weighted by atomic mass is 127. The largest absolute Gasteiger partial charge is 0.494 e. The highest BCUT2D eigenvalue weighted by Crippen LogP contribution is 2.14. The molecule has 2 aromatic carbocycles. The van der Waals surface area contributed by atoms with Crippen LogP contribution in [0.25, 0.3) is 0 Å². The van der Waals surface area contributed by atoms with Gasteiger partial charge in [0.25, 0.3) is 0 Å². The molecule has 1 heterocycles. The van der Waals surface area contributed by atoms with Gasteiger partial charge in [-0.25, -0.2) is 0 Å². The monoisotopic (exact) mass is 552 g/mol. The average molecular weight is 553 g/mol. The lowest BCUT2D eigenvalue weighted by Crippen LogP contribution is -2.37. The molecule has 1 aliphatic heterocycles. The second-order valence-electron chi connectivity index (χ2n) is 7.84. The number of morpholine rings is 1. The minimum absolute atomic E-state index is 0. The van der Waals surface area contributed by atoms with Crippen molar-refractivity contribution in [3.8, 4) is 5.75 Å². The number of nitrogens with two attached hydrogens (primary N) is 1. The Hall–Kier alpha value is -1.84. The molecule has 0 aliphatic carbocycles. The number of aliphatic imine (C=N–C) groups is 1. The second kappa shape index (κ2) is 15.9. The molecular weight excluding hydrogens is 515 g/mol. The number of halogens is 1. The number of guanidine groups is 1. The van der Waals surface area contributed by atoms with Gasteiger partial charge in [-0.05, 0) is 48.9 Å². The van der Waals surface area contributed by atoms with E-state index in [9.17, 15) is 0 Å². The van der Waals surface area contributed by atoms with Crippen LogP contribution >= 0.6 is 24.0 Å². The molecule has 0 saturated carbocycles. The molecule has 7 heteroatoms. The van der Waals surface area contributed by atoms with Crippen LogP contribution in [0.4, 0.5) is 0 Å². The summed E-state index contributed by atoms with van der Waals surface area (Å²) in [5.74, 6) is 1.45. The summed E-state index contributed by atoms with van der Waals surface area (Å²) in [4.78, 5) is 6.85. The van der Waals surface area contributed by atoms with E-state index >= 15 is 0 Å². The first-order valence-electron chi connectivity index (χ1n) is 11.4. The molecule has 3 N–H and O–H groups in total. The summed E-state index contributed by atoms with van der Waals surface area (Å²) >= 11 is 0. The Balaban J connectivity index is 0.00000363. The van der Waals surface area contributed by atoms with Crippen molar-refractivity contribution in [1.29, 1.82) is 0 Å². The summed E-state index contributed by atoms with van der Waals surface area (Å²) in [6, 6.07) is 18.8. The van der Waals surface area contributed by atoms with E-state index in [1.54, 1.807) is 0 Å². The maximum Gasteiger partial charge on any atom is 0.188 e. The molecule has 32 heavy (non-hydrogen) atoms. The minimum Gasteiger partial charge on any atom is -0.494 e. The zero-order valence-corrected chi connectivity index (χ0v) is 21.2. The van der Waals surface area contributed by atoms with E-state index in [0.717, 1.165) is 84.0 Å². The molecule has 3 rings (SSSR count). The smallest absolute Gasteiger partial charge is 0.188 e. The van der Waals surface area contributed by atoms with Crippen LogP contribution in [0, 0.1) is 0 Å². The quantitative estimate of drug-likeness (QED) is 0.183. The van der Waals surface area contributed by atoms with Crippen molar-refractivity contribution in [2.75, 3.05) is 52.5 Å². The molecule has 1 aliphatic rings. The van der Waals surface area contributed by atoms with Crippen molar-refractivity contribution < 1.29 is 9.47 Å². The normalized spacial score (nSPS) is 14.6. The maximum atomic E-state index is 6.00. The fourth-order valence-corrected chi connectivity index (χ4v) is 3.61. The molecule has 0 unspecified atom stereocenters. The summed E-state index contributed by atoms with van der Waals surface area (Å²) in [6.45, 7) is 7.01. The zero-order valence-electron chi connectivity index (χ0n) is 18.9. The molecule has 6 nitrogen and oxygen atoms in total. The molecule has 1 saturated heterocycles. The summed E-state index contributed by atoms with van der Waals surface area (Å²) in [5, 5.41) is 3.21. The molecule has 2 aromatic rings. The van der Waals surface area contributed by atoms with Crippen LogP contribution < -0.4 is 15.8 Å².